The van der Waals surface area contributed by atoms with Crippen molar-refractivity contribution in [3.63, 3.8) is 0 Å². The van der Waals surface area contributed by atoms with Crippen molar-refractivity contribution in [3.8, 4) is 16.3 Å². The molecule has 36 heavy (non-hydrogen) atoms. The van der Waals surface area contributed by atoms with Crippen LogP contribution in [-0.4, -0.2) is 47.3 Å². The number of rotatable bonds is 7. The quantitative estimate of drug-likeness (QED) is 0.353. The van der Waals surface area contributed by atoms with Crippen LogP contribution in [0, 0.1) is 5.82 Å². The number of amides is 2. The zero-order valence-corrected chi connectivity index (χ0v) is 22.3. The first kappa shape index (κ1) is 26.6. The van der Waals surface area contributed by atoms with Crippen molar-refractivity contribution in [3.05, 3.63) is 63.3 Å². The maximum absolute atomic E-state index is 13.4. The molecule has 2 aromatic carbocycles. The summed E-state index contributed by atoms with van der Waals surface area (Å²) in [6.07, 6.45) is 1.94. The standard InChI is InChI=1S/C23H22Cl2FN5O3S2/c1-31-20(22(33)29-12-3-6-18(26)17(25)7-12)9-19(30-36-31)21(32)27-10-14-11-28-23(35-14)15-5-4-13(34-2)8-16(15)24/h3-8,11,19-20,30H,9-10H2,1-2H3,(H,27,32)(H,29,33). The third-order valence-corrected chi connectivity index (χ3v) is 8.01. The number of nitrogens with one attached hydrogen (secondary N) is 3. The SMILES string of the molecule is COc1ccc(-c2ncc(CNC(=O)C3CC(C(=O)Nc4ccc(F)c(Cl)c4)N(C)SN3)s2)c(Cl)c1. The van der Waals surface area contributed by atoms with Gasteiger partial charge in [0, 0.05) is 34.5 Å². The zero-order chi connectivity index (χ0) is 25.8. The molecule has 0 spiro atoms. The number of benzene rings is 2. The minimum Gasteiger partial charge on any atom is -0.497 e. The number of hydrogen-bond donors (Lipinski definition) is 3. The van der Waals surface area contributed by atoms with Crippen LogP contribution in [0.1, 0.15) is 11.3 Å². The summed E-state index contributed by atoms with van der Waals surface area (Å²) in [7, 11) is 3.32. The number of carbonyl (C=O) groups excluding carboxylic acids is 2. The summed E-state index contributed by atoms with van der Waals surface area (Å²) < 4.78 is 23.4. The summed E-state index contributed by atoms with van der Waals surface area (Å²) in [5, 5.41) is 6.80. The molecular formula is C23H22Cl2FN5O3S2. The fraction of sp³-hybridized carbons (Fsp3) is 0.261. The van der Waals surface area contributed by atoms with Crippen LogP contribution in [0.25, 0.3) is 10.6 Å². The van der Waals surface area contributed by atoms with E-state index in [0.717, 1.165) is 15.4 Å². The van der Waals surface area contributed by atoms with Gasteiger partial charge >= 0.3 is 0 Å². The van der Waals surface area contributed by atoms with Crippen LogP contribution in [0.4, 0.5) is 10.1 Å². The molecule has 190 valence electrons. The Morgan fingerprint density at radius 1 is 1.22 bits per heavy atom. The molecule has 3 N–H and O–H groups in total. The topological polar surface area (TPSA) is 95.6 Å². The van der Waals surface area contributed by atoms with E-state index in [4.69, 9.17) is 27.9 Å². The Balaban J connectivity index is 1.34. The fourth-order valence-electron chi connectivity index (χ4n) is 3.47. The molecule has 0 saturated carbocycles. The Bertz CT molecular complexity index is 1280. The van der Waals surface area contributed by atoms with E-state index in [9.17, 15) is 14.0 Å². The van der Waals surface area contributed by atoms with Crippen molar-refractivity contribution in [1.82, 2.24) is 19.3 Å². The predicted octanol–water partition coefficient (Wildman–Crippen LogP) is 4.75. The monoisotopic (exact) mass is 569 g/mol. The van der Waals surface area contributed by atoms with Gasteiger partial charge in [0.05, 0.1) is 29.7 Å². The average Bonchev–Trinajstić information content (AvgIpc) is 3.33. The van der Waals surface area contributed by atoms with Gasteiger partial charge in [-0.3, -0.25) is 9.59 Å². The molecule has 3 aromatic rings. The molecule has 1 aliphatic heterocycles. The van der Waals surface area contributed by atoms with E-state index in [0.29, 0.717) is 16.5 Å². The normalized spacial score (nSPS) is 18.0. The largest absolute Gasteiger partial charge is 0.497 e. The van der Waals surface area contributed by atoms with E-state index in [1.165, 1.54) is 41.7 Å². The first-order valence-corrected chi connectivity index (χ1v) is 13.1. The molecule has 1 aromatic heterocycles. The van der Waals surface area contributed by atoms with E-state index in [1.54, 1.807) is 30.7 Å². The van der Waals surface area contributed by atoms with Gasteiger partial charge in [-0.15, -0.1) is 11.3 Å². The second-order valence-corrected chi connectivity index (χ2v) is 10.8. The van der Waals surface area contributed by atoms with Gasteiger partial charge in [-0.1, -0.05) is 23.2 Å². The van der Waals surface area contributed by atoms with Gasteiger partial charge in [0.15, 0.2) is 0 Å². The third-order valence-electron chi connectivity index (χ3n) is 5.44. The van der Waals surface area contributed by atoms with Crippen LogP contribution < -0.4 is 20.1 Å². The first-order valence-electron chi connectivity index (χ1n) is 10.7. The summed E-state index contributed by atoms with van der Waals surface area (Å²) >= 11 is 14.7. The second kappa shape index (κ2) is 11.8. The van der Waals surface area contributed by atoms with E-state index in [2.05, 4.69) is 20.3 Å². The van der Waals surface area contributed by atoms with E-state index in [-0.39, 0.29) is 29.8 Å². The number of methoxy groups -OCH3 is 1. The van der Waals surface area contributed by atoms with E-state index in [1.807, 2.05) is 12.1 Å². The molecule has 0 radical (unpaired) electrons. The minimum absolute atomic E-state index is 0.0846. The third kappa shape index (κ3) is 6.28. The smallest absolute Gasteiger partial charge is 0.242 e. The van der Waals surface area contributed by atoms with Gasteiger partial charge in [-0.05, 0) is 49.9 Å². The molecule has 1 saturated heterocycles. The maximum atomic E-state index is 13.4. The van der Waals surface area contributed by atoms with Gasteiger partial charge < -0.3 is 15.4 Å². The molecule has 8 nitrogen and oxygen atoms in total. The highest BCUT2D eigenvalue weighted by Crippen LogP contribution is 2.33. The average molecular weight is 570 g/mol. The van der Waals surface area contributed by atoms with E-state index >= 15 is 0 Å². The fourth-order valence-corrected chi connectivity index (χ4v) is 5.66. The lowest BCUT2D eigenvalue weighted by atomic mass is 10.1. The van der Waals surface area contributed by atoms with Gasteiger partial charge in [-0.2, -0.15) is 0 Å². The first-order chi connectivity index (χ1) is 17.2. The van der Waals surface area contributed by atoms with Crippen molar-refractivity contribution < 1.29 is 18.7 Å². The van der Waals surface area contributed by atoms with Crippen LogP contribution in [0.5, 0.6) is 5.75 Å². The number of carbonyl (C=O) groups is 2. The van der Waals surface area contributed by atoms with Crippen LogP contribution in [0.3, 0.4) is 0 Å². The lowest BCUT2D eigenvalue weighted by molar-refractivity contribution is -0.124. The zero-order valence-electron chi connectivity index (χ0n) is 19.2. The van der Waals surface area contributed by atoms with Gasteiger partial charge in [0.2, 0.25) is 11.8 Å². The number of hydrogen-bond acceptors (Lipinski definition) is 8. The van der Waals surface area contributed by atoms with Gasteiger partial charge in [-0.25, -0.2) is 18.4 Å². The van der Waals surface area contributed by atoms with Crippen LogP contribution >= 0.6 is 46.7 Å². The van der Waals surface area contributed by atoms with E-state index < -0.39 is 17.9 Å². The summed E-state index contributed by atoms with van der Waals surface area (Å²) in [6, 6.07) is 8.14. The minimum atomic E-state index is -0.595. The highest BCUT2D eigenvalue weighted by Gasteiger charge is 2.35. The maximum Gasteiger partial charge on any atom is 0.242 e. The molecule has 0 bridgehead atoms. The molecular weight excluding hydrogens is 548 g/mol. The molecule has 2 heterocycles. The highest BCUT2D eigenvalue weighted by molar-refractivity contribution is 7.95. The summed E-state index contributed by atoms with van der Waals surface area (Å²) in [5.74, 6) is -0.475. The summed E-state index contributed by atoms with van der Waals surface area (Å²) in [4.78, 5) is 31.0. The molecule has 1 aliphatic rings. The lowest BCUT2D eigenvalue weighted by Gasteiger charge is -2.34. The Labute approximate surface area is 225 Å². The van der Waals surface area contributed by atoms with Gasteiger partial charge in [0.25, 0.3) is 0 Å². The number of aromatic nitrogens is 1. The Morgan fingerprint density at radius 3 is 2.75 bits per heavy atom. The number of thiazole rings is 1. The number of likely N-dealkylation sites (N-methyl/N-ethyl adjacent to an activating group) is 1. The van der Waals surface area contributed by atoms with Crippen LogP contribution in [-0.2, 0) is 16.1 Å². The van der Waals surface area contributed by atoms with Crippen molar-refractivity contribution in [2.45, 2.75) is 25.0 Å². The molecule has 1 fully saturated rings. The molecule has 2 amide bonds. The highest BCUT2D eigenvalue weighted by atomic mass is 35.5. The molecule has 0 aliphatic carbocycles. The Kier molecular flexibility index (Phi) is 8.70. The van der Waals surface area contributed by atoms with Crippen molar-refractivity contribution in [2.75, 3.05) is 19.5 Å². The van der Waals surface area contributed by atoms with Crippen molar-refractivity contribution in [1.29, 1.82) is 0 Å². The van der Waals surface area contributed by atoms with Crippen LogP contribution in [0.2, 0.25) is 10.0 Å². The Morgan fingerprint density at radius 2 is 2.03 bits per heavy atom. The van der Waals surface area contributed by atoms with Gasteiger partial charge in [0.1, 0.15) is 22.6 Å². The number of ether oxygens (including phenoxy) is 1. The number of nitrogens with zero attached hydrogens (tertiary/aromatic N) is 2. The summed E-state index contributed by atoms with van der Waals surface area (Å²) in [6.45, 7) is 0.286. The lowest BCUT2D eigenvalue weighted by Crippen LogP contribution is -2.53. The predicted molar refractivity (Wildman–Crippen MR) is 142 cm³/mol. The Hall–Kier alpha value is -2.41. The summed E-state index contributed by atoms with van der Waals surface area (Å²) in [5.41, 5.74) is 1.16. The molecule has 4 rings (SSSR count). The second-order valence-electron chi connectivity index (χ2n) is 7.87. The molecule has 2 atom stereocenters. The van der Waals surface area contributed by atoms with Crippen molar-refractivity contribution in [2.24, 2.45) is 0 Å². The van der Waals surface area contributed by atoms with Crippen LogP contribution in [0.15, 0.2) is 42.6 Å². The molecule has 2 unspecified atom stereocenters. The number of anilines is 1. The van der Waals surface area contributed by atoms with Crippen molar-refractivity contribution >= 4 is 64.2 Å². The number of halogens is 3. The molecule has 13 heteroatoms.